The molecule has 0 amide bonds. The first kappa shape index (κ1) is 12.5. The second-order valence-corrected chi connectivity index (χ2v) is 4.30. The van der Waals surface area contributed by atoms with Gasteiger partial charge in [0, 0.05) is 24.2 Å². The van der Waals surface area contributed by atoms with Gasteiger partial charge in [0.2, 0.25) is 6.79 Å². The maximum Gasteiger partial charge on any atom is 0.231 e. The lowest BCUT2D eigenvalue weighted by atomic mass is 10.1. The second-order valence-electron chi connectivity index (χ2n) is 4.30. The lowest BCUT2D eigenvalue weighted by Crippen LogP contribution is -2.22. The molecule has 1 N–H and O–H groups in total. The molecular formula is C13H16N2O3. The third-order valence-electron chi connectivity index (χ3n) is 2.55. The van der Waals surface area contributed by atoms with Gasteiger partial charge in [-0.05, 0) is 6.07 Å². The lowest BCUT2D eigenvalue weighted by molar-refractivity contribution is 0.174. The van der Waals surface area contributed by atoms with E-state index in [1.165, 1.54) is 0 Å². The first-order valence-electron chi connectivity index (χ1n) is 5.86. The summed E-state index contributed by atoms with van der Waals surface area (Å²) < 4.78 is 16.0. The summed E-state index contributed by atoms with van der Waals surface area (Å²) in [7, 11) is 0. The molecule has 0 saturated heterocycles. The van der Waals surface area contributed by atoms with Crippen molar-refractivity contribution in [3.63, 3.8) is 0 Å². The van der Waals surface area contributed by atoms with Crippen LogP contribution in [0.25, 0.3) is 0 Å². The molecule has 5 heteroatoms. The van der Waals surface area contributed by atoms with Crippen LogP contribution in [0.4, 0.5) is 0 Å². The Kier molecular flexibility index (Phi) is 3.90. The predicted octanol–water partition coefficient (Wildman–Crippen LogP) is 1.82. The molecule has 0 bridgehead atoms. The highest BCUT2D eigenvalue weighted by molar-refractivity contribution is 5.51. The van der Waals surface area contributed by atoms with Gasteiger partial charge >= 0.3 is 0 Å². The normalized spacial score (nSPS) is 12.6. The maximum atomic E-state index is 8.58. The zero-order chi connectivity index (χ0) is 13.0. The third-order valence-corrected chi connectivity index (χ3v) is 2.55. The van der Waals surface area contributed by atoms with Crippen molar-refractivity contribution < 1.29 is 14.2 Å². The number of fused-ring (bicyclic) bond motifs is 1. The monoisotopic (exact) mass is 248 g/mol. The van der Waals surface area contributed by atoms with Crippen molar-refractivity contribution in [2.24, 2.45) is 0 Å². The SMILES string of the molecule is CC(C)NCc1cc2c(cc1OCC#N)OCO2. The van der Waals surface area contributed by atoms with Gasteiger partial charge in [-0.25, -0.2) is 0 Å². The Bertz CT molecular complexity index is 466. The van der Waals surface area contributed by atoms with Crippen molar-refractivity contribution >= 4 is 0 Å². The molecule has 18 heavy (non-hydrogen) atoms. The van der Waals surface area contributed by atoms with Crippen LogP contribution >= 0.6 is 0 Å². The Hall–Kier alpha value is -1.93. The van der Waals surface area contributed by atoms with Crippen LogP contribution in [-0.4, -0.2) is 19.4 Å². The van der Waals surface area contributed by atoms with E-state index in [9.17, 15) is 0 Å². The van der Waals surface area contributed by atoms with E-state index in [2.05, 4.69) is 19.2 Å². The van der Waals surface area contributed by atoms with Gasteiger partial charge in [-0.3, -0.25) is 0 Å². The molecule has 0 aliphatic carbocycles. The van der Waals surface area contributed by atoms with Crippen LogP contribution in [0.15, 0.2) is 12.1 Å². The van der Waals surface area contributed by atoms with E-state index in [-0.39, 0.29) is 13.4 Å². The van der Waals surface area contributed by atoms with Crippen LogP contribution < -0.4 is 19.5 Å². The zero-order valence-corrected chi connectivity index (χ0v) is 10.5. The van der Waals surface area contributed by atoms with Gasteiger partial charge in [0.15, 0.2) is 18.1 Å². The summed E-state index contributed by atoms with van der Waals surface area (Å²) in [6.45, 7) is 5.06. The van der Waals surface area contributed by atoms with Crippen molar-refractivity contribution in [3.8, 4) is 23.3 Å². The maximum absolute atomic E-state index is 8.58. The number of ether oxygens (including phenoxy) is 3. The summed E-state index contributed by atoms with van der Waals surface area (Å²) in [5.41, 5.74) is 0.961. The van der Waals surface area contributed by atoms with Gasteiger partial charge in [0.1, 0.15) is 11.8 Å². The summed E-state index contributed by atoms with van der Waals surface area (Å²) in [6, 6.07) is 6.00. The summed E-state index contributed by atoms with van der Waals surface area (Å²) >= 11 is 0. The minimum absolute atomic E-state index is 0.0221. The van der Waals surface area contributed by atoms with Crippen LogP contribution in [0.1, 0.15) is 19.4 Å². The Morgan fingerprint density at radius 3 is 2.78 bits per heavy atom. The van der Waals surface area contributed by atoms with Gasteiger partial charge in [-0.2, -0.15) is 5.26 Å². The van der Waals surface area contributed by atoms with Gasteiger partial charge < -0.3 is 19.5 Å². The van der Waals surface area contributed by atoms with Gasteiger partial charge in [0.05, 0.1) is 0 Å². The lowest BCUT2D eigenvalue weighted by Gasteiger charge is -2.13. The minimum Gasteiger partial charge on any atom is -0.478 e. The summed E-state index contributed by atoms with van der Waals surface area (Å²) in [5, 5.41) is 11.9. The van der Waals surface area contributed by atoms with E-state index in [0.717, 1.165) is 11.3 Å². The molecule has 1 aliphatic rings. The average molecular weight is 248 g/mol. The van der Waals surface area contributed by atoms with E-state index in [1.54, 1.807) is 6.07 Å². The predicted molar refractivity (Wildman–Crippen MR) is 65.6 cm³/mol. The highest BCUT2D eigenvalue weighted by atomic mass is 16.7. The summed E-state index contributed by atoms with van der Waals surface area (Å²) in [4.78, 5) is 0. The first-order valence-corrected chi connectivity index (χ1v) is 5.86. The van der Waals surface area contributed by atoms with Crippen molar-refractivity contribution in [1.82, 2.24) is 5.32 Å². The largest absolute Gasteiger partial charge is 0.478 e. The van der Waals surface area contributed by atoms with Gasteiger partial charge in [-0.1, -0.05) is 13.8 Å². The molecule has 0 atom stereocenters. The number of benzene rings is 1. The quantitative estimate of drug-likeness (QED) is 0.861. The first-order chi connectivity index (χ1) is 8.70. The molecule has 1 aromatic carbocycles. The summed E-state index contributed by atoms with van der Waals surface area (Å²) in [6.07, 6.45) is 0. The van der Waals surface area contributed by atoms with E-state index < -0.39 is 0 Å². The molecule has 0 unspecified atom stereocenters. The van der Waals surface area contributed by atoms with Gasteiger partial charge in [-0.15, -0.1) is 0 Å². The molecule has 0 saturated carbocycles. The molecule has 2 rings (SSSR count). The van der Waals surface area contributed by atoms with Crippen molar-refractivity contribution in [1.29, 1.82) is 5.26 Å². The van der Waals surface area contributed by atoms with Crippen LogP contribution in [0, 0.1) is 11.3 Å². The van der Waals surface area contributed by atoms with E-state index in [4.69, 9.17) is 19.5 Å². The Balaban J connectivity index is 2.21. The second kappa shape index (κ2) is 5.61. The topological polar surface area (TPSA) is 63.5 Å². The Labute approximate surface area is 106 Å². The molecule has 0 aromatic heterocycles. The summed E-state index contributed by atoms with van der Waals surface area (Å²) in [5.74, 6) is 2.05. The molecule has 1 aliphatic heterocycles. The average Bonchev–Trinajstić information content (AvgIpc) is 2.79. The highest BCUT2D eigenvalue weighted by Gasteiger charge is 2.18. The molecule has 1 heterocycles. The molecule has 0 radical (unpaired) electrons. The number of hydrogen-bond acceptors (Lipinski definition) is 5. The van der Waals surface area contributed by atoms with Crippen molar-refractivity contribution in [3.05, 3.63) is 17.7 Å². The van der Waals surface area contributed by atoms with Crippen molar-refractivity contribution in [2.75, 3.05) is 13.4 Å². The number of nitriles is 1. The molecule has 5 nitrogen and oxygen atoms in total. The molecule has 1 aromatic rings. The fourth-order valence-electron chi connectivity index (χ4n) is 1.66. The number of nitrogens with zero attached hydrogens (tertiary/aromatic N) is 1. The van der Waals surface area contributed by atoms with Crippen molar-refractivity contribution in [2.45, 2.75) is 26.4 Å². The Morgan fingerprint density at radius 1 is 1.39 bits per heavy atom. The smallest absolute Gasteiger partial charge is 0.231 e. The Morgan fingerprint density at radius 2 is 2.11 bits per heavy atom. The number of hydrogen-bond donors (Lipinski definition) is 1. The number of rotatable bonds is 5. The molecular weight excluding hydrogens is 232 g/mol. The molecule has 0 fully saturated rings. The van der Waals surface area contributed by atoms with E-state index >= 15 is 0 Å². The van der Waals surface area contributed by atoms with Crippen LogP contribution in [0.3, 0.4) is 0 Å². The van der Waals surface area contributed by atoms with Crippen LogP contribution in [-0.2, 0) is 6.54 Å². The third kappa shape index (κ3) is 2.84. The zero-order valence-electron chi connectivity index (χ0n) is 10.5. The van der Waals surface area contributed by atoms with Gasteiger partial charge in [0.25, 0.3) is 0 Å². The van der Waals surface area contributed by atoms with E-state index in [0.29, 0.717) is 24.1 Å². The van der Waals surface area contributed by atoms with E-state index in [1.807, 2.05) is 12.1 Å². The fourth-order valence-corrected chi connectivity index (χ4v) is 1.66. The minimum atomic E-state index is 0.0221. The fraction of sp³-hybridized carbons (Fsp3) is 0.462. The standard InChI is InChI=1S/C13H16N2O3/c1-9(2)15-7-10-5-12-13(18-8-17-12)6-11(10)16-4-3-14/h5-6,9,15H,4,7-8H2,1-2H3. The van der Waals surface area contributed by atoms with Crippen LogP contribution in [0.2, 0.25) is 0 Å². The number of nitrogens with one attached hydrogen (secondary N) is 1. The molecule has 0 spiro atoms. The highest BCUT2D eigenvalue weighted by Crippen LogP contribution is 2.38. The molecule has 96 valence electrons. The van der Waals surface area contributed by atoms with Crippen LogP contribution in [0.5, 0.6) is 17.2 Å².